The van der Waals surface area contributed by atoms with E-state index < -0.39 is 12.1 Å². The van der Waals surface area contributed by atoms with E-state index in [-0.39, 0.29) is 18.1 Å². The molecular weight excluding hydrogens is 409 g/mol. The van der Waals surface area contributed by atoms with Crippen LogP contribution in [0.1, 0.15) is 24.4 Å². The zero-order valence-electron chi connectivity index (χ0n) is 16.9. The standard InChI is InChI=1S/C17H26N2O4.C2HF3O2/c1-12-3-4-14(22-12)10-19-7-5-13-9-15(23-16(13)11-19)17(20)18-6-8-21-2;3-2(4,5)1(6)7/h3-4,13,15-16H,5-11H2,1-2H3,(H,18,20);(H,6,7)/t13-,15+,16+;/m0./s1. The Labute approximate surface area is 172 Å². The maximum absolute atomic E-state index is 12.1. The molecule has 1 amide bonds. The lowest BCUT2D eigenvalue weighted by Crippen LogP contribution is -2.42. The lowest BCUT2D eigenvalue weighted by molar-refractivity contribution is -0.192. The number of piperidine rings is 1. The first kappa shape index (κ1) is 24.2. The summed E-state index contributed by atoms with van der Waals surface area (Å²) in [5.41, 5.74) is 0. The number of furan rings is 1. The van der Waals surface area contributed by atoms with Gasteiger partial charge in [0.05, 0.1) is 19.3 Å². The normalized spacial score (nSPS) is 24.0. The van der Waals surface area contributed by atoms with Crippen molar-refractivity contribution in [1.29, 1.82) is 0 Å². The number of nitrogens with one attached hydrogen (secondary N) is 1. The maximum Gasteiger partial charge on any atom is 0.490 e. The van der Waals surface area contributed by atoms with E-state index in [1.54, 1.807) is 7.11 Å². The number of carbonyl (C=O) groups excluding carboxylic acids is 1. The van der Waals surface area contributed by atoms with Crippen LogP contribution in [-0.2, 0) is 25.6 Å². The first-order valence-electron chi connectivity index (χ1n) is 9.60. The van der Waals surface area contributed by atoms with Crippen molar-refractivity contribution in [3.8, 4) is 0 Å². The molecule has 11 heteroatoms. The zero-order valence-corrected chi connectivity index (χ0v) is 16.9. The lowest BCUT2D eigenvalue weighted by atomic mass is 9.91. The molecule has 8 nitrogen and oxygen atoms in total. The highest BCUT2D eigenvalue weighted by Crippen LogP contribution is 2.33. The number of halogens is 3. The van der Waals surface area contributed by atoms with Crippen LogP contribution in [0.2, 0.25) is 0 Å². The Morgan fingerprint density at radius 1 is 1.37 bits per heavy atom. The largest absolute Gasteiger partial charge is 0.490 e. The Morgan fingerprint density at radius 3 is 2.63 bits per heavy atom. The van der Waals surface area contributed by atoms with E-state index in [9.17, 15) is 18.0 Å². The van der Waals surface area contributed by atoms with E-state index in [0.717, 1.165) is 44.0 Å². The molecule has 3 heterocycles. The molecule has 0 radical (unpaired) electrons. The summed E-state index contributed by atoms with van der Waals surface area (Å²) in [6.45, 7) is 5.73. The minimum Gasteiger partial charge on any atom is -0.475 e. The molecule has 1 aromatic rings. The molecule has 3 rings (SSSR count). The van der Waals surface area contributed by atoms with Gasteiger partial charge in [-0.3, -0.25) is 9.69 Å². The Hall–Kier alpha value is -2.11. The number of nitrogens with zero attached hydrogens (tertiary/aromatic N) is 1. The van der Waals surface area contributed by atoms with Crippen molar-refractivity contribution >= 4 is 11.9 Å². The second-order valence-corrected chi connectivity index (χ2v) is 7.28. The van der Waals surface area contributed by atoms with Gasteiger partial charge in [0.25, 0.3) is 0 Å². The molecule has 0 aliphatic carbocycles. The third-order valence-electron chi connectivity index (χ3n) is 4.95. The Kier molecular flexibility index (Phi) is 8.68. The summed E-state index contributed by atoms with van der Waals surface area (Å²) >= 11 is 0. The molecule has 1 aromatic heterocycles. The van der Waals surface area contributed by atoms with E-state index in [2.05, 4.69) is 10.2 Å². The maximum atomic E-state index is 12.1. The van der Waals surface area contributed by atoms with Gasteiger partial charge in [0.15, 0.2) is 0 Å². The number of carbonyl (C=O) groups is 2. The molecule has 2 N–H and O–H groups in total. The molecule has 2 aliphatic rings. The fourth-order valence-electron chi connectivity index (χ4n) is 3.49. The van der Waals surface area contributed by atoms with Crippen molar-refractivity contribution in [2.24, 2.45) is 5.92 Å². The van der Waals surface area contributed by atoms with Crippen LogP contribution >= 0.6 is 0 Å². The molecule has 0 unspecified atom stereocenters. The minimum atomic E-state index is -5.08. The highest BCUT2D eigenvalue weighted by Gasteiger charge is 2.41. The number of hydrogen-bond donors (Lipinski definition) is 2. The highest BCUT2D eigenvalue weighted by molar-refractivity contribution is 5.81. The summed E-state index contributed by atoms with van der Waals surface area (Å²) < 4.78 is 48.3. The van der Waals surface area contributed by atoms with Gasteiger partial charge in [-0.05, 0) is 44.4 Å². The van der Waals surface area contributed by atoms with Gasteiger partial charge in [-0.25, -0.2) is 4.79 Å². The van der Waals surface area contributed by atoms with Gasteiger partial charge in [-0.15, -0.1) is 0 Å². The molecule has 0 aromatic carbocycles. The third kappa shape index (κ3) is 7.29. The van der Waals surface area contributed by atoms with Crippen molar-refractivity contribution in [2.45, 2.75) is 44.7 Å². The topological polar surface area (TPSA) is 101 Å². The number of alkyl halides is 3. The summed E-state index contributed by atoms with van der Waals surface area (Å²) in [7, 11) is 1.63. The fourth-order valence-corrected chi connectivity index (χ4v) is 3.49. The van der Waals surface area contributed by atoms with Gasteiger partial charge in [-0.1, -0.05) is 0 Å². The number of amides is 1. The van der Waals surface area contributed by atoms with Crippen molar-refractivity contribution in [1.82, 2.24) is 10.2 Å². The SMILES string of the molecule is COCCNC(=O)[C@H]1C[C@@H]2CCN(Cc3ccc(C)o3)C[C@H]2O1.O=C(O)C(F)(F)F. The average Bonchev–Trinajstić information content (AvgIpc) is 3.27. The number of aryl methyl sites for hydroxylation is 1. The van der Waals surface area contributed by atoms with Gasteiger partial charge < -0.3 is 24.3 Å². The number of likely N-dealkylation sites (tertiary alicyclic amines) is 1. The van der Waals surface area contributed by atoms with Gasteiger partial charge in [0.1, 0.15) is 17.6 Å². The van der Waals surface area contributed by atoms with Crippen LogP contribution in [0, 0.1) is 12.8 Å². The van der Waals surface area contributed by atoms with E-state index in [0.29, 0.717) is 19.1 Å². The summed E-state index contributed by atoms with van der Waals surface area (Å²) in [5.74, 6) is -0.340. The molecule has 2 saturated heterocycles. The van der Waals surface area contributed by atoms with Crippen molar-refractivity contribution in [3.63, 3.8) is 0 Å². The highest BCUT2D eigenvalue weighted by atomic mass is 19.4. The first-order valence-corrected chi connectivity index (χ1v) is 9.60. The molecule has 0 bridgehead atoms. The quantitative estimate of drug-likeness (QED) is 0.658. The molecular formula is C19H27F3N2O6. The van der Waals surface area contributed by atoms with Gasteiger partial charge in [0.2, 0.25) is 5.91 Å². The Bertz CT molecular complexity index is 709. The Morgan fingerprint density at radius 2 is 2.07 bits per heavy atom. The average molecular weight is 436 g/mol. The Balaban J connectivity index is 0.000000396. The van der Waals surface area contributed by atoms with Crippen molar-refractivity contribution in [3.05, 3.63) is 23.7 Å². The molecule has 0 spiro atoms. The second kappa shape index (κ2) is 10.8. The van der Waals surface area contributed by atoms with E-state index in [1.807, 2.05) is 19.1 Å². The molecule has 0 saturated carbocycles. The molecule has 3 atom stereocenters. The van der Waals surface area contributed by atoms with E-state index in [4.69, 9.17) is 23.8 Å². The fraction of sp³-hybridized carbons (Fsp3) is 0.684. The van der Waals surface area contributed by atoms with Crippen LogP contribution in [0.4, 0.5) is 13.2 Å². The number of ether oxygens (including phenoxy) is 2. The van der Waals surface area contributed by atoms with E-state index in [1.165, 1.54) is 0 Å². The number of rotatable bonds is 6. The number of fused-ring (bicyclic) bond motifs is 1. The summed E-state index contributed by atoms with van der Waals surface area (Å²) in [4.78, 5) is 23.4. The molecule has 2 aliphatic heterocycles. The second-order valence-electron chi connectivity index (χ2n) is 7.28. The molecule has 30 heavy (non-hydrogen) atoms. The van der Waals surface area contributed by atoms with Gasteiger partial charge in [-0.2, -0.15) is 13.2 Å². The van der Waals surface area contributed by atoms with Gasteiger partial charge >= 0.3 is 12.1 Å². The smallest absolute Gasteiger partial charge is 0.475 e. The number of methoxy groups -OCH3 is 1. The third-order valence-corrected chi connectivity index (χ3v) is 4.95. The summed E-state index contributed by atoms with van der Waals surface area (Å²) in [6, 6.07) is 4.03. The van der Waals surface area contributed by atoms with Crippen LogP contribution in [-0.4, -0.2) is 73.6 Å². The molecule has 170 valence electrons. The molecule has 2 fully saturated rings. The number of aliphatic carboxylic acids is 1. The van der Waals surface area contributed by atoms with E-state index >= 15 is 0 Å². The van der Waals surface area contributed by atoms with Crippen molar-refractivity contribution in [2.75, 3.05) is 33.4 Å². The van der Waals surface area contributed by atoms with Gasteiger partial charge in [0, 0.05) is 20.2 Å². The van der Waals surface area contributed by atoms with Crippen LogP contribution in [0.15, 0.2) is 16.5 Å². The number of carboxylic acids is 1. The summed E-state index contributed by atoms with van der Waals surface area (Å²) in [5, 5.41) is 10.00. The lowest BCUT2D eigenvalue weighted by Gasteiger charge is -2.33. The van der Waals surface area contributed by atoms with Crippen LogP contribution in [0.25, 0.3) is 0 Å². The zero-order chi connectivity index (χ0) is 22.3. The van der Waals surface area contributed by atoms with Crippen LogP contribution in [0.3, 0.4) is 0 Å². The predicted octanol–water partition coefficient (Wildman–Crippen LogP) is 1.96. The predicted molar refractivity (Wildman–Crippen MR) is 98.7 cm³/mol. The number of hydrogen-bond acceptors (Lipinski definition) is 6. The monoisotopic (exact) mass is 436 g/mol. The number of carboxylic acid groups (broad SMARTS) is 1. The van der Waals surface area contributed by atoms with Crippen LogP contribution < -0.4 is 5.32 Å². The van der Waals surface area contributed by atoms with Crippen LogP contribution in [0.5, 0.6) is 0 Å². The minimum absolute atomic E-state index is 0.00957. The first-order chi connectivity index (χ1) is 14.1. The summed E-state index contributed by atoms with van der Waals surface area (Å²) in [6.07, 6.45) is -3.34. The van der Waals surface area contributed by atoms with Crippen molar-refractivity contribution < 1.29 is 41.8 Å².